The van der Waals surface area contributed by atoms with E-state index in [1.165, 1.54) is 16.7 Å². The second-order valence-corrected chi connectivity index (χ2v) is 5.14. The molecule has 0 aromatic heterocycles. The van der Waals surface area contributed by atoms with Gasteiger partial charge in [0, 0.05) is 31.7 Å². The third-order valence-electron chi connectivity index (χ3n) is 3.81. The number of hydrogen-bond donors (Lipinski definition) is 1. The van der Waals surface area contributed by atoms with Gasteiger partial charge in [-0.1, -0.05) is 17.7 Å². The van der Waals surface area contributed by atoms with E-state index < -0.39 is 0 Å². The number of nitrogens with zero attached hydrogens (tertiary/aromatic N) is 1. The van der Waals surface area contributed by atoms with Crippen molar-refractivity contribution in [3.63, 3.8) is 0 Å². The van der Waals surface area contributed by atoms with Gasteiger partial charge in [0.1, 0.15) is 0 Å². The van der Waals surface area contributed by atoms with Crippen LogP contribution in [0, 0.1) is 0 Å². The minimum atomic E-state index is 0.161. The zero-order valence-electron chi connectivity index (χ0n) is 10.7. The molecule has 0 saturated heterocycles. The molecule has 1 aromatic rings. The quantitative estimate of drug-likeness (QED) is 0.765. The standard InChI is InChI=1S/C15H18N2O/c1-11-4-6-17(7-5-11)15(18)12-2-3-13-9-16-10-14(13)8-12/h2-4,8,16H,5-7,9-10H2,1H3. The van der Waals surface area contributed by atoms with Gasteiger partial charge in [-0.25, -0.2) is 0 Å². The van der Waals surface area contributed by atoms with Crippen molar-refractivity contribution >= 4 is 5.91 Å². The highest BCUT2D eigenvalue weighted by Gasteiger charge is 2.19. The van der Waals surface area contributed by atoms with Crippen LogP contribution in [-0.4, -0.2) is 23.9 Å². The van der Waals surface area contributed by atoms with Crippen molar-refractivity contribution in [2.24, 2.45) is 0 Å². The van der Waals surface area contributed by atoms with Gasteiger partial charge in [0.05, 0.1) is 0 Å². The smallest absolute Gasteiger partial charge is 0.254 e. The zero-order valence-corrected chi connectivity index (χ0v) is 10.7. The fourth-order valence-corrected chi connectivity index (χ4v) is 2.57. The molecule has 0 aliphatic carbocycles. The molecule has 0 fully saturated rings. The predicted octanol–water partition coefficient (Wildman–Crippen LogP) is 2.08. The van der Waals surface area contributed by atoms with Crippen LogP contribution < -0.4 is 5.32 Å². The van der Waals surface area contributed by atoms with Gasteiger partial charge in [-0.15, -0.1) is 0 Å². The highest BCUT2D eigenvalue weighted by atomic mass is 16.2. The van der Waals surface area contributed by atoms with Gasteiger partial charge in [-0.3, -0.25) is 4.79 Å². The average molecular weight is 242 g/mol. The van der Waals surface area contributed by atoms with Crippen LogP contribution >= 0.6 is 0 Å². The minimum Gasteiger partial charge on any atom is -0.335 e. The van der Waals surface area contributed by atoms with Gasteiger partial charge in [0.2, 0.25) is 0 Å². The van der Waals surface area contributed by atoms with Crippen LogP contribution in [0.3, 0.4) is 0 Å². The first-order chi connectivity index (χ1) is 8.74. The molecule has 0 saturated carbocycles. The lowest BCUT2D eigenvalue weighted by Gasteiger charge is -2.25. The van der Waals surface area contributed by atoms with Gasteiger partial charge in [-0.05, 0) is 36.6 Å². The molecule has 0 atom stereocenters. The summed E-state index contributed by atoms with van der Waals surface area (Å²) in [7, 11) is 0. The summed E-state index contributed by atoms with van der Waals surface area (Å²) in [4.78, 5) is 14.3. The summed E-state index contributed by atoms with van der Waals surface area (Å²) < 4.78 is 0. The van der Waals surface area contributed by atoms with Crippen molar-refractivity contribution in [1.29, 1.82) is 0 Å². The Kier molecular flexibility index (Phi) is 2.92. The summed E-state index contributed by atoms with van der Waals surface area (Å²) in [5.74, 6) is 0.161. The van der Waals surface area contributed by atoms with E-state index in [9.17, 15) is 4.79 Å². The van der Waals surface area contributed by atoms with Crippen LogP contribution in [0.25, 0.3) is 0 Å². The number of hydrogen-bond acceptors (Lipinski definition) is 2. The van der Waals surface area contributed by atoms with Gasteiger partial charge in [0.15, 0.2) is 0 Å². The summed E-state index contributed by atoms with van der Waals surface area (Å²) >= 11 is 0. The van der Waals surface area contributed by atoms with Gasteiger partial charge in [-0.2, -0.15) is 0 Å². The monoisotopic (exact) mass is 242 g/mol. The van der Waals surface area contributed by atoms with E-state index in [0.29, 0.717) is 0 Å². The van der Waals surface area contributed by atoms with E-state index in [4.69, 9.17) is 0 Å². The Morgan fingerprint density at radius 3 is 2.89 bits per heavy atom. The Morgan fingerprint density at radius 2 is 2.11 bits per heavy atom. The number of carbonyl (C=O) groups excluding carboxylic acids is 1. The van der Waals surface area contributed by atoms with E-state index in [0.717, 1.165) is 38.2 Å². The van der Waals surface area contributed by atoms with Crippen LogP contribution in [0.15, 0.2) is 29.8 Å². The van der Waals surface area contributed by atoms with Crippen LogP contribution in [-0.2, 0) is 13.1 Å². The third kappa shape index (κ3) is 2.06. The van der Waals surface area contributed by atoms with Crippen molar-refractivity contribution in [3.05, 3.63) is 46.5 Å². The molecule has 18 heavy (non-hydrogen) atoms. The molecular weight excluding hydrogens is 224 g/mol. The summed E-state index contributed by atoms with van der Waals surface area (Å²) in [5.41, 5.74) is 4.80. The van der Waals surface area contributed by atoms with Crippen molar-refractivity contribution < 1.29 is 4.79 Å². The van der Waals surface area contributed by atoms with Crippen molar-refractivity contribution in [1.82, 2.24) is 10.2 Å². The molecular formula is C15H18N2O. The molecule has 0 bridgehead atoms. The highest BCUT2D eigenvalue weighted by molar-refractivity contribution is 5.94. The van der Waals surface area contributed by atoms with Gasteiger partial charge < -0.3 is 10.2 Å². The number of nitrogens with one attached hydrogen (secondary N) is 1. The van der Waals surface area contributed by atoms with E-state index in [-0.39, 0.29) is 5.91 Å². The molecule has 2 heterocycles. The molecule has 1 amide bonds. The maximum atomic E-state index is 12.4. The van der Waals surface area contributed by atoms with E-state index >= 15 is 0 Å². The fraction of sp³-hybridized carbons (Fsp3) is 0.400. The van der Waals surface area contributed by atoms with Gasteiger partial charge in [0.25, 0.3) is 5.91 Å². The maximum absolute atomic E-state index is 12.4. The first-order valence-electron chi connectivity index (χ1n) is 6.51. The summed E-state index contributed by atoms with van der Waals surface area (Å²) in [6.45, 7) is 5.53. The number of benzene rings is 1. The first-order valence-corrected chi connectivity index (χ1v) is 6.51. The molecule has 1 aromatic carbocycles. The van der Waals surface area contributed by atoms with Crippen LogP contribution in [0.4, 0.5) is 0 Å². The molecule has 94 valence electrons. The topological polar surface area (TPSA) is 32.3 Å². The molecule has 2 aliphatic rings. The molecule has 3 heteroatoms. The third-order valence-corrected chi connectivity index (χ3v) is 3.81. The second-order valence-electron chi connectivity index (χ2n) is 5.14. The lowest BCUT2D eigenvalue weighted by Crippen LogP contribution is -2.34. The first kappa shape index (κ1) is 11.5. The zero-order chi connectivity index (χ0) is 12.5. The molecule has 1 N–H and O–H groups in total. The van der Waals surface area contributed by atoms with Crippen LogP contribution in [0.1, 0.15) is 34.8 Å². The van der Waals surface area contributed by atoms with E-state index in [1.54, 1.807) is 0 Å². The Labute approximate surface area is 107 Å². The molecule has 2 aliphatic heterocycles. The summed E-state index contributed by atoms with van der Waals surface area (Å²) in [6, 6.07) is 6.08. The predicted molar refractivity (Wildman–Crippen MR) is 71.3 cm³/mol. The normalized spacial score (nSPS) is 18.5. The second kappa shape index (κ2) is 4.58. The molecule has 0 radical (unpaired) electrons. The Bertz CT molecular complexity index is 519. The number of carbonyl (C=O) groups is 1. The van der Waals surface area contributed by atoms with Crippen LogP contribution in [0.2, 0.25) is 0 Å². The Hall–Kier alpha value is -1.61. The summed E-state index contributed by atoms with van der Waals surface area (Å²) in [6.07, 6.45) is 3.15. The Morgan fingerprint density at radius 1 is 1.28 bits per heavy atom. The number of fused-ring (bicyclic) bond motifs is 1. The van der Waals surface area contributed by atoms with E-state index in [1.807, 2.05) is 17.0 Å². The van der Waals surface area contributed by atoms with Crippen molar-refractivity contribution in [3.8, 4) is 0 Å². The Balaban J connectivity index is 1.80. The van der Waals surface area contributed by atoms with Crippen molar-refractivity contribution in [2.75, 3.05) is 13.1 Å². The van der Waals surface area contributed by atoms with Gasteiger partial charge >= 0.3 is 0 Å². The maximum Gasteiger partial charge on any atom is 0.254 e. The van der Waals surface area contributed by atoms with Crippen molar-refractivity contribution in [2.45, 2.75) is 26.4 Å². The largest absolute Gasteiger partial charge is 0.335 e. The molecule has 0 unspecified atom stereocenters. The average Bonchev–Trinajstić information content (AvgIpc) is 2.86. The molecule has 3 nitrogen and oxygen atoms in total. The lowest BCUT2D eigenvalue weighted by molar-refractivity contribution is 0.0769. The van der Waals surface area contributed by atoms with Crippen LogP contribution in [0.5, 0.6) is 0 Å². The SMILES string of the molecule is CC1=CCN(C(=O)c2ccc3c(c2)CNC3)CC1. The van der Waals surface area contributed by atoms with E-state index in [2.05, 4.69) is 24.4 Å². The minimum absolute atomic E-state index is 0.161. The fourth-order valence-electron chi connectivity index (χ4n) is 2.57. The molecule has 3 rings (SSSR count). The molecule has 0 spiro atoms. The number of amides is 1. The lowest BCUT2D eigenvalue weighted by atomic mass is 10.0. The number of rotatable bonds is 1. The summed E-state index contributed by atoms with van der Waals surface area (Å²) in [5, 5.41) is 3.30. The highest BCUT2D eigenvalue weighted by Crippen LogP contribution is 2.19.